The minimum absolute atomic E-state index is 0.142. The number of esters is 1. The van der Waals surface area contributed by atoms with Crippen molar-refractivity contribution in [3.63, 3.8) is 0 Å². The Balaban J connectivity index is 1.51. The van der Waals surface area contributed by atoms with E-state index in [2.05, 4.69) is 27.9 Å². The van der Waals surface area contributed by atoms with Gasteiger partial charge in [-0.25, -0.2) is 19.3 Å². The van der Waals surface area contributed by atoms with Crippen molar-refractivity contribution < 1.29 is 19.4 Å². The number of aliphatic hydroxyl groups excluding tert-OH is 1. The molecule has 4 N–H and O–H groups in total. The summed E-state index contributed by atoms with van der Waals surface area (Å²) in [6, 6.07) is 6.75. The lowest BCUT2D eigenvalue weighted by Gasteiger charge is -2.27. The molecule has 1 unspecified atom stereocenters. The number of nitrogens with one attached hydrogen (secondary N) is 3. The molecule has 3 heterocycles. The summed E-state index contributed by atoms with van der Waals surface area (Å²) >= 11 is 0. The molecule has 1 aromatic carbocycles. The van der Waals surface area contributed by atoms with Gasteiger partial charge >= 0.3 is 12.0 Å². The van der Waals surface area contributed by atoms with Crippen molar-refractivity contribution in [1.82, 2.24) is 30.4 Å². The zero-order valence-corrected chi connectivity index (χ0v) is 22.5. The molecule has 11 nitrogen and oxygen atoms in total. The van der Waals surface area contributed by atoms with E-state index >= 15 is 0 Å². The first-order valence-corrected chi connectivity index (χ1v) is 13.5. The van der Waals surface area contributed by atoms with Gasteiger partial charge < -0.3 is 25.8 Å². The number of benzene rings is 1. The van der Waals surface area contributed by atoms with Crippen molar-refractivity contribution in [2.24, 2.45) is 0 Å². The molecular weight excluding hydrogens is 498 g/mol. The monoisotopic (exact) mass is 533 g/mol. The molecule has 2 amide bonds. The van der Waals surface area contributed by atoms with Gasteiger partial charge in [-0.1, -0.05) is 37.6 Å². The number of hydrogen-bond acceptors (Lipinski definition) is 8. The van der Waals surface area contributed by atoms with Crippen molar-refractivity contribution in [3.05, 3.63) is 47.3 Å². The number of fused-ring (bicyclic) bond motifs is 1. The Morgan fingerprint density at radius 3 is 2.64 bits per heavy atom. The van der Waals surface area contributed by atoms with Gasteiger partial charge in [0.25, 0.3) is 0 Å². The fourth-order valence-corrected chi connectivity index (χ4v) is 5.31. The van der Waals surface area contributed by atoms with Crippen LogP contribution in [0, 0.1) is 0 Å². The predicted octanol–water partition coefficient (Wildman–Crippen LogP) is 3.98. The lowest BCUT2D eigenvalue weighted by atomic mass is 9.93. The fraction of sp³-hybridized carbons (Fsp3) is 0.464. The fourth-order valence-electron chi connectivity index (χ4n) is 5.31. The third-order valence-electron chi connectivity index (χ3n) is 7.47. The van der Waals surface area contributed by atoms with Crippen LogP contribution in [-0.4, -0.2) is 56.6 Å². The van der Waals surface area contributed by atoms with Gasteiger partial charge in [-0.05, 0) is 44.6 Å². The van der Waals surface area contributed by atoms with Gasteiger partial charge in [-0.15, -0.1) is 0 Å². The summed E-state index contributed by atoms with van der Waals surface area (Å²) in [5.41, 5.74) is 3.96. The summed E-state index contributed by atoms with van der Waals surface area (Å²) in [6.07, 6.45) is 6.79. The Hall–Kier alpha value is -3.99. The van der Waals surface area contributed by atoms with E-state index in [0.717, 1.165) is 72.9 Å². The number of methoxy groups -OCH3 is 1. The molecule has 1 atom stereocenters. The number of amides is 2. The minimum atomic E-state index is -0.636. The number of allylic oxidation sites excluding steroid dienone is 1. The van der Waals surface area contributed by atoms with E-state index in [1.165, 1.54) is 7.11 Å². The van der Waals surface area contributed by atoms with Crippen molar-refractivity contribution in [2.45, 2.75) is 70.6 Å². The average molecular weight is 534 g/mol. The summed E-state index contributed by atoms with van der Waals surface area (Å²) < 4.78 is 6.95. The first-order chi connectivity index (χ1) is 18.9. The van der Waals surface area contributed by atoms with Crippen LogP contribution in [0.2, 0.25) is 0 Å². The molecule has 2 aromatic heterocycles. The highest BCUT2D eigenvalue weighted by atomic mass is 16.5. The number of hydrogen-bond donors (Lipinski definition) is 4. The van der Waals surface area contributed by atoms with Crippen LogP contribution in [0.4, 0.5) is 10.7 Å². The summed E-state index contributed by atoms with van der Waals surface area (Å²) in [4.78, 5) is 34.0. The molecule has 2 aliphatic rings. The van der Waals surface area contributed by atoms with Crippen molar-refractivity contribution in [3.8, 4) is 11.3 Å². The summed E-state index contributed by atoms with van der Waals surface area (Å²) in [5.74, 6) is 0.0749. The van der Waals surface area contributed by atoms with Gasteiger partial charge in [0.05, 0.1) is 36.3 Å². The van der Waals surface area contributed by atoms with Crippen LogP contribution >= 0.6 is 0 Å². The van der Waals surface area contributed by atoms with Gasteiger partial charge in [0.2, 0.25) is 5.95 Å². The first kappa shape index (κ1) is 26.6. The number of urea groups is 1. The van der Waals surface area contributed by atoms with Crippen LogP contribution in [0.25, 0.3) is 22.3 Å². The third-order valence-corrected chi connectivity index (χ3v) is 7.47. The number of carbonyl (C=O) groups excluding carboxylic acids is 2. The minimum Gasteiger partial charge on any atom is -0.466 e. The first-order valence-electron chi connectivity index (χ1n) is 13.5. The number of ether oxygens (including phenoxy) is 1. The number of unbranched alkanes of at least 4 members (excludes halogenated alkanes) is 1. The van der Waals surface area contributed by atoms with E-state index in [1.54, 1.807) is 6.92 Å². The molecule has 5 rings (SSSR count). The molecule has 0 bridgehead atoms. The second-order valence-electron chi connectivity index (χ2n) is 10.2. The lowest BCUT2D eigenvalue weighted by molar-refractivity contribution is -0.136. The number of carbonyl (C=O) groups is 2. The molecule has 1 fully saturated rings. The topological polar surface area (TPSA) is 143 Å². The maximum Gasteiger partial charge on any atom is 0.337 e. The number of anilines is 1. The van der Waals surface area contributed by atoms with E-state index in [4.69, 9.17) is 14.8 Å². The molecule has 11 heteroatoms. The third kappa shape index (κ3) is 5.44. The molecule has 0 radical (unpaired) electrons. The van der Waals surface area contributed by atoms with Crippen LogP contribution in [-0.2, 0) is 9.53 Å². The molecule has 206 valence electrons. The van der Waals surface area contributed by atoms with Gasteiger partial charge in [0.15, 0.2) is 5.65 Å². The number of aromatic nitrogens is 4. The number of aliphatic hydroxyl groups is 1. The Morgan fingerprint density at radius 1 is 1.21 bits per heavy atom. The summed E-state index contributed by atoms with van der Waals surface area (Å²) in [7, 11) is 1.32. The lowest BCUT2D eigenvalue weighted by Crippen LogP contribution is -2.45. The largest absolute Gasteiger partial charge is 0.466 e. The molecule has 1 aliphatic heterocycles. The zero-order chi connectivity index (χ0) is 27.5. The highest BCUT2D eigenvalue weighted by molar-refractivity contribution is 5.95. The molecule has 3 aromatic rings. The van der Waals surface area contributed by atoms with Gasteiger partial charge in [0, 0.05) is 24.0 Å². The van der Waals surface area contributed by atoms with E-state index in [0.29, 0.717) is 17.2 Å². The Morgan fingerprint density at radius 2 is 1.95 bits per heavy atom. The van der Waals surface area contributed by atoms with Crippen molar-refractivity contribution in [2.75, 3.05) is 19.0 Å². The van der Waals surface area contributed by atoms with Gasteiger partial charge in [0.1, 0.15) is 5.69 Å². The predicted molar refractivity (Wildman–Crippen MR) is 147 cm³/mol. The van der Waals surface area contributed by atoms with Crippen LogP contribution in [0.3, 0.4) is 0 Å². The highest BCUT2D eigenvalue weighted by Gasteiger charge is 2.32. The smallest absolute Gasteiger partial charge is 0.337 e. The second kappa shape index (κ2) is 11.4. The van der Waals surface area contributed by atoms with E-state index in [-0.39, 0.29) is 18.2 Å². The molecule has 0 saturated heterocycles. The Labute approximate surface area is 227 Å². The summed E-state index contributed by atoms with van der Waals surface area (Å²) in [6.45, 7) is 4.62. The average Bonchev–Trinajstić information content (AvgIpc) is 3.32. The normalized spacial score (nSPS) is 21.4. The second-order valence-corrected chi connectivity index (χ2v) is 10.2. The van der Waals surface area contributed by atoms with E-state index < -0.39 is 12.0 Å². The summed E-state index contributed by atoms with van der Waals surface area (Å²) in [5, 5.41) is 24.7. The van der Waals surface area contributed by atoms with Gasteiger partial charge in [-0.2, -0.15) is 10.1 Å². The van der Waals surface area contributed by atoms with E-state index in [9.17, 15) is 14.7 Å². The Kier molecular flexibility index (Phi) is 7.78. The standard InChI is InChI=1S/C28H35N7O4/c1-4-5-14-29-27-30-15-21-23(34-35(25(21)33-27)19-10-12-20(36)13-11-19)17-6-8-18(9-7-17)24-22(26(37)39-3)16(2)31-28(38)32-24/h6-9,15,19-20,24,36H,4-5,10-14H2,1-3H3,(H,29,30,33)(H2,31,32,38)/t19-,20-,24?. The maximum absolute atomic E-state index is 12.5. The van der Waals surface area contributed by atoms with Crippen LogP contribution in [0.5, 0.6) is 0 Å². The quantitative estimate of drug-likeness (QED) is 0.251. The van der Waals surface area contributed by atoms with Crippen LogP contribution < -0.4 is 16.0 Å². The van der Waals surface area contributed by atoms with Crippen LogP contribution in [0.1, 0.15) is 70.0 Å². The van der Waals surface area contributed by atoms with Gasteiger partial charge in [-0.3, -0.25) is 0 Å². The molecule has 1 aliphatic carbocycles. The molecule has 0 spiro atoms. The number of nitrogens with zero attached hydrogens (tertiary/aromatic N) is 4. The molecule has 39 heavy (non-hydrogen) atoms. The highest BCUT2D eigenvalue weighted by Crippen LogP contribution is 2.35. The molecule has 1 saturated carbocycles. The molecular formula is C28H35N7O4. The SMILES string of the molecule is CCCCNc1ncc2c(-c3ccc(C4NC(=O)NC(C)=C4C(=O)OC)cc3)nn([C@H]3CC[C@H](O)CC3)c2n1. The van der Waals surface area contributed by atoms with Crippen LogP contribution in [0.15, 0.2) is 41.7 Å². The maximum atomic E-state index is 12.5. The van der Waals surface area contributed by atoms with Crippen molar-refractivity contribution in [1.29, 1.82) is 0 Å². The number of rotatable bonds is 8. The van der Waals surface area contributed by atoms with E-state index in [1.807, 2.05) is 35.1 Å². The zero-order valence-electron chi connectivity index (χ0n) is 22.5. The Bertz CT molecular complexity index is 1390. The van der Waals surface area contributed by atoms with Crippen molar-refractivity contribution >= 4 is 29.0 Å².